The number of hydrogen-bond donors (Lipinski definition) is 2. The summed E-state index contributed by atoms with van der Waals surface area (Å²) in [6.45, 7) is 1.53. The Hall–Kier alpha value is -0.610. The molecule has 0 saturated carbocycles. The Morgan fingerprint density at radius 2 is 2.22 bits per heavy atom. The fourth-order valence-corrected chi connectivity index (χ4v) is 0.335. The van der Waals surface area contributed by atoms with Crippen LogP contribution in [0.3, 0.4) is 0 Å². The molecule has 0 rings (SSSR count). The Morgan fingerprint density at radius 3 is 2.33 bits per heavy atom. The van der Waals surface area contributed by atoms with Gasteiger partial charge < -0.3 is 15.6 Å². The van der Waals surface area contributed by atoms with E-state index in [1.165, 1.54) is 14.0 Å². The van der Waals surface area contributed by atoms with Gasteiger partial charge in [-0.25, -0.2) is 4.79 Å². The molecule has 2 atom stereocenters. The molecule has 0 fully saturated rings. The van der Waals surface area contributed by atoms with Crippen LogP contribution in [0, 0.1) is 0 Å². The first-order chi connectivity index (χ1) is 4.09. The zero-order chi connectivity index (χ0) is 7.44. The maximum Gasteiger partial charge on any atom is 0.336 e. The van der Waals surface area contributed by atoms with Crippen molar-refractivity contribution in [2.75, 3.05) is 7.11 Å². The van der Waals surface area contributed by atoms with Gasteiger partial charge in [-0.3, -0.25) is 0 Å². The lowest BCUT2D eigenvalue weighted by Crippen LogP contribution is -2.38. The van der Waals surface area contributed by atoms with E-state index in [1.807, 2.05) is 0 Å². The third-order valence-electron chi connectivity index (χ3n) is 0.941. The molecule has 0 bridgehead atoms. The number of methoxy groups -OCH3 is 1. The molecule has 4 nitrogen and oxygen atoms in total. The number of carbonyl (C=O) groups is 1. The summed E-state index contributed by atoms with van der Waals surface area (Å²) in [5.41, 5.74) is 5.16. The lowest BCUT2D eigenvalue weighted by atomic mass is 10.2. The molecule has 0 aromatic rings. The van der Waals surface area contributed by atoms with Gasteiger partial charge in [-0.1, -0.05) is 0 Å². The number of aliphatic hydroxyl groups excluding tert-OH is 1. The number of hydrogen-bond acceptors (Lipinski definition) is 4. The summed E-state index contributed by atoms with van der Waals surface area (Å²) >= 11 is 0. The zero-order valence-corrected chi connectivity index (χ0v) is 5.50. The molecule has 3 N–H and O–H groups in total. The highest BCUT2D eigenvalue weighted by Crippen LogP contribution is 1.90. The highest BCUT2D eigenvalue weighted by Gasteiger charge is 2.18. The van der Waals surface area contributed by atoms with Crippen LogP contribution in [0.2, 0.25) is 0 Å². The predicted molar refractivity (Wildman–Crippen MR) is 31.7 cm³/mol. The Labute approximate surface area is 53.6 Å². The van der Waals surface area contributed by atoms with E-state index in [-0.39, 0.29) is 0 Å². The van der Waals surface area contributed by atoms with Crippen molar-refractivity contribution in [3.8, 4) is 0 Å². The maximum atomic E-state index is 10.4. The fraction of sp³-hybridized carbons (Fsp3) is 0.800. The van der Waals surface area contributed by atoms with E-state index in [0.717, 1.165) is 0 Å². The summed E-state index contributed by atoms with van der Waals surface area (Å²) in [6, 6.07) is -0.572. The molecule has 2 unspecified atom stereocenters. The molecule has 4 heteroatoms. The van der Waals surface area contributed by atoms with Crippen molar-refractivity contribution >= 4 is 5.97 Å². The number of nitrogens with two attached hydrogens (primary N) is 1. The van der Waals surface area contributed by atoms with E-state index in [1.54, 1.807) is 0 Å². The van der Waals surface area contributed by atoms with Gasteiger partial charge in [0.25, 0.3) is 0 Å². The first kappa shape index (κ1) is 8.39. The molecular formula is C5H11NO3. The van der Waals surface area contributed by atoms with Crippen LogP contribution in [0.15, 0.2) is 0 Å². The van der Waals surface area contributed by atoms with Crippen LogP contribution < -0.4 is 5.73 Å². The summed E-state index contributed by atoms with van der Waals surface area (Å²) in [5, 5.41) is 8.80. The minimum atomic E-state index is -1.20. The predicted octanol–water partition coefficient (Wildman–Crippen LogP) is -1.13. The molecule has 0 heterocycles. The van der Waals surface area contributed by atoms with Crippen LogP contribution in [0.5, 0.6) is 0 Å². The van der Waals surface area contributed by atoms with Gasteiger partial charge in [0, 0.05) is 6.04 Å². The Morgan fingerprint density at radius 1 is 1.78 bits per heavy atom. The van der Waals surface area contributed by atoms with Crippen LogP contribution >= 0.6 is 0 Å². The van der Waals surface area contributed by atoms with Crippen molar-refractivity contribution in [3.05, 3.63) is 0 Å². The summed E-state index contributed by atoms with van der Waals surface area (Å²) in [7, 11) is 1.20. The zero-order valence-electron chi connectivity index (χ0n) is 5.50. The molecule has 0 saturated heterocycles. The van der Waals surface area contributed by atoms with E-state index < -0.39 is 18.1 Å². The first-order valence-corrected chi connectivity index (χ1v) is 2.61. The van der Waals surface area contributed by atoms with Gasteiger partial charge in [-0.2, -0.15) is 0 Å². The van der Waals surface area contributed by atoms with Crippen molar-refractivity contribution < 1.29 is 14.6 Å². The van der Waals surface area contributed by atoms with Gasteiger partial charge in [0.2, 0.25) is 0 Å². The quantitative estimate of drug-likeness (QED) is 0.467. The number of rotatable bonds is 2. The molecule has 0 aliphatic carbocycles. The lowest BCUT2D eigenvalue weighted by Gasteiger charge is -2.10. The highest BCUT2D eigenvalue weighted by molar-refractivity contribution is 5.74. The highest BCUT2D eigenvalue weighted by atomic mass is 16.5. The molecule has 0 amide bonds. The van der Waals surface area contributed by atoms with Gasteiger partial charge in [-0.05, 0) is 6.92 Å². The lowest BCUT2D eigenvalue weighted by molar-refractivity contribution is -0.151. The van der Waals surface area contributed by atoms with E-state index in [9.17, 15) is 4.79 Å². The Bertz CT molecular complexity index is 102. The monoisotopic (exact) mass is 133 g/mol. The standard InChI is InChI=1S/C5H11NO3/c1-3(6)4(7)5(8)9-2/h3-4,7H,6H2,1-2H3. The number of ether oxygens (including phenoxy) is 1. The summed E-state index contributed by atoms with van der Waals surface area (Å²) in [5.74, 6) is -0.690. The Balaban J connectivity index is 3.72. The Kier molecular flexibility index (Phi) is 3.19. The van der Waals surface area contributed by atoms with E-state index in [0.29, 0.717) is 0 Å². The first-order valence-electron chi connectivity index (χ1n) is 2.61. The molecule has 0 aromatic heterocycles. The largest absolute Gasteiger partial charge is 0.467 e. The molecule has 0 aliphatic rings. The van der Waals surface area contributed by atoms with Crippen molar-refractivity contribution in [1.82, 2.24) is 0 Å². The third kappa shape index (κ3) is 2.43. The minimum Gasteiger partial charge on any atom is -0.467 e. The average molecular weight is 133 g/mol. The van der Waals surface area contributed by atoms with Crippen LogP contribution in [0.25, 0.3) is 0 Å². The van der Waals surface area contributed by atoms with Crippen molar-refractivity contribution in [3.63, 3.8) is 0 Å². The van der Waals surface area contributed by atoms with Crippen LogP contribution in [0.1, 0.15) is 6.92 Å². The number of esters is 1. The molecule has 0 spiro atoms. The number of carbonyl (C=O) groups excluding carboxylic acids is 1. The van der Waals surface area contributed by atoms with E-state index >= 15 is 0 Å². The van der Waals surface area contributed by atoms with Crippen molar-refractivity contribution in [2.24, 2.45) is 5.73 Å². The topological polar surface area (TPSA) is 72.5 Å². The van der Waals surface area contributed by atoms with E-state index in [2.05, 4.69) is 4.74 Å². The van der Waals surface area contributed by atoms with Crippen molar-refractivity contribution in [2.45, 2.75) is 19.1 Å². The van der Waals surface area contributed by atoms with Crippen molar-refractivity contribution in [1.29, 1.82) is 0 Å². The molecule has 0 aliphatic heterocycles. The second-order valence-electron chi connectivity index (χ2n) is 1.83. The molecule has 0 radical (unpaired) electrons. The second kappa shape index (κ2) is 3.42. The summed E-state index contributed by atoms with van der Waals surface area (Å²) in [6.07, 6.45) is -1.20. The van der Waals surface area contributed by atoms with Gasteiger partial charge in [0.1, 0.15) is 0 Å². The van der Waals surface area contributed by atoms with Gasteiger partial charge in [0.05, 0.1) is 7.11 Å². The molecule has 54 valence electrons. The SMILES string of the molecule is COC(=O)C(O)C(C)N. The van der Waals surface area contributed by atoms with Crippen LogP contribution in [-0.4, -0.2) is 30.3 Å². The second-order valence-corrected chi connectivity index (χ2v) is 1.83. The number of aliphatic hydroxyl groups is 1. The fourth-order valence-electron chi connectivity index (χ4n) is 0.335. The van der Waals surface area contributed by atoms with Gasteiger partial charge in [-0.15, -0.1) is 0 Å². The molecular weight excluding hydrogens is 122 g/mol. The normalized spacial score (nSPS) is 16.4. The minimum absolute atomic E-state index is 0.572. The molecule has 0 aromatic carbocycles. The van der Waals surface area contributed by atoms with Gasteiger partial charge >= 0.3 is 5.97 Å². The van der Waals surface area contributed by atoms with Crippen LogP contribution in [-0.2, 0) is 9.53 Å². The molecule has 9 heavy (non-hydrogen) atoms. The third-order valence-corrected chi connectivity index (χ3v) is 0.941. The average Bonchev–Trinajstić information content (AvgIpc) is 1.84. The summed E-state index contributed by atoms with van der Waals surface area (Å²) < 4.78 is 4.20. The maximum absolute atomic E-state index is 10.4. The summed E-state index contributed by atoms with van der Waals surface area (Å²) in [4.78, 5) is 10.4. The van der Waals surface area contributed by atoms with Gasteiger partial charge in [0.15, 0.2) is 6.10 Å². The van der Waals surface area contributed by atoms with Crippen LogP contribution in [0.4, 0.5) is 0 Å². The van der Waals surface area contributed by atoms with E-state index in [4.69, 9.17) is 10.8 Å². The smallest absolute Gasteiger partial charge is 0.336 e.